The van der Waals surface area contributed by atoms with Gasteiger partial charge in [0.2, 0.25) is 0 Å². The van der Waals surface area contributed by atoms with Gasteiger partial charge in [0.25, 0.3) is 0 Å². The third-order valence-electron chi connectivity index (χ3n) is 7.28. The van der Waals surface area contributed by atoms with Crippen molar-refractivity contribution >= 4 is 40.3 Å². The van der Waals surface area contributed by atoms with Gasteiger partial charge in [-0.1, -0.05) is 35.9 Å². The van der Waals surface area contributed by atoms with E-state index in [1.54, 1.807) is 14.7 Å². The maximum Gasteiger partial charge on any atom is 0.410 e. The maximum absolute atomic E-state index is 13.5. The average Bonchev–Trinajstić information content (AvgIpc) is 3.34. The molecule has 3 aromatic rings. The third kappa shape index (κ3) is 5.76. The zero-order valence-corrected chi connectivity index (χ0v) is 23.8. The number of rotatable bonds is 5. The van der Waals surface area contributed by atoms with E-state index in [1.807, 2.05) is 87.2 Å². The summed E-state index contributed by atoms with van der Waals surface area (Å²) >= 11 is 6.87. The molecule has 8 nitrogen and oxygen atoms in total. The van der Waals surface area contributed by atoms with E-state index < -0.39 is 5.60 Å². The van der Waals surface area contributed by atoms with E-state index >= 15 is 0 Å². The van der Waals surface area contributed by atoms with Crippen LogP contribution in [0.4, 0.5) is 15.3 Å². The fraction of sp³-hybridized carbons (Fsp3) is 0.433. The fourth-order valence-electron chi connectivity index (χ4n) is 5.27. The van der Waals surface area contributed by atoms with Crippen molar-refractivity contribution in [3.8, 4) is 11.1 Å². The summed E-state index contributed by atoms with van der Waals surface area (Å²) in [6.45, 7) is 10.8. The SMILES string of the molecule is CCn1ncc2ccc(-c3cccc(N4CC=CN(CC5CCN(C(=O)OC(C)(C)C)CC5)C4=O)c3)c(Cl)c21. The highest BCUT2D eigenvalue weighted by atomic mass is 35.5. The molecule has 0 N–H and O–H groups in total. The highest BCUT2D eigenvalue weighted by Crippen LogP contribution is 2.36. The second-order valence-corrected chi connectivity index (χ2v) is 11.6. The Hall–Kier alpha value is -3.52. The lowest BCUT2D eigenvalue weighted by Gasteiger charge is -2.37. The number of carbonyl (C=O) groups is 2. The molecule has 0 aliphatic carbocycles. The highest BCUT2D eigenvalue weighted by Gasteiger charge is 2.30. The summed E-state index contributed by atoms with van der Waals surface area (Å²) in [5.74, 6) is 0.317. The molecule has 0 radical (unpaired) electrons. The van der Waals surface area contributed by atoms with E-state index in [4.69, 9.17) is 16.3 Å². The molecule has 2 aliphatic heterocycles. The third-order valence-corrected chi connectivity index (χ3v) is 7.66. The molecule has 2 aromatic carbocycles. The van der Waals surface area contributed by atoms with Crippen LogP contribution in [0, 0.1) is 5.92 Å². The van der Waals surface area contributed by atoms with Gasteiger partial charge in [-0.05, 0) is 70.2 Å². The van der Waals surface area contributed by atoms with Crippen LogP contribution >= 0.6 is 11.6 Å². The molecule has 0 spiro atoms. The minimum Gasteiger partial charge on any atom is -0.444 e. The second-order valence-electron chi connectivity index (χ2n) is 11.2. The lowest BCUT2D eigenvalue weighted by molar-refractivity contribution is 0.0177. The first kappa shape index (κ1) is 27.1. The number of fused-ring (bicyclic) bond motifs is 1. The van der Waals surface area contributed by atoms with Crippen LogP contribution in [-0.4, -0.2) is 63.5 Å². The molecule has 9 heteroatoms. The van der Waals surface area contributed by atoms with Crippen molar-refractivity contribution in [2.45, 2.75) is 52.7 Å². The van der Waals surface area contributed by atoms with Crippen LogP contribution in [0.2, 0.25) is 5.02 Å². The molecule has 3 amide bonds. The van der Waals surface area contributed by atoms with Crippen LogP contribution < -0.4 is 4.90 Å². The predicted molar refractivity (Wildman–Crippen MR) is 155 cm³/mol. The first-order chi connectivity index (χ1) is 18.6. The number of amides is 3. The Balaban J connectivity index is 1.27. The topological polar surface area (TPSA) is 70.9 Å². The minimum atomic E-state index is -0.504. The van der Waals surface area contributed by atoms with Gasteiger partial charge in [0.15, 0.2) is 0 Å². The minimum absolute atomic E-state index is 0.0465. The van der Waals surface area contributed by atoms with Crippen LogP contribution in [0.1, 0.15) is 40.5 Å². The zero-order valence-electron chi connectivity index (χ0n) is 23.1. The van der Waals surface area contributed by atoms with Crippen molar-refractivity contribution < 1.29 is 14.3 Å². The number of aromatic nitrogens is 2. The number of ether oxygens (including phenoxy) is 1. The monoisotopic (exact) mass is 549 g/mol. The number of aryl methyl sites for hydroxylation is 1. The van der Waals surface area contributed by atoms with Crippen molar-refractivity contribution in [1.82, 2.24) is 19.6 Å². The summed E-state index contributed by atoms with van der Waals surface area (Å²) in [5, 5.41) is 6.10. The number of carbonyl (C=O) groups excluding carboxylic acids is 2. The van der Waals surface area contributed by atoms with Crippen LogP contribution in [0.15, 0.2) is 54.9 Å². The highest BCUT2D eigenvalue weighted by molar-refractivity contribution is 6.38. The van der Waals surface area contributed by atoms with Crippen LogP contribution in [0.5, 0.6) is 0 Å². The Morgan fingerprint density at radius 3 is 2.64 bits per heavy atom. The van der Waals surface area contributed by atoms with Gasteiger partial charge in [-0.25, -0.2) is 9.59 Å². The Labute approximate surface area is 234 Å². The molecule has 206 valence electrons. The van der Waals surface area contributed by atoms with Gasteiger partial charge < -0.3 is 14.5 Å². The molecule has 1 aromatic heterocycles. The molecule has 2 aliphatic rings. The van der Waals surface area contributed by atoms with Gasteiger partial charge in [0.05, 0.1) is 16.7 Å². The number of hydrogen-bond donors (Lipinski definition) is 0. The summed E-state index contributed by atoms with van der Waals surface area (Å²) in [7, 11) is 0. The number of halogens is 1. The summed E-state index contributed by atoms with van der Waals surface area (Å²) in [5.41, 5.74) is 3.10. The number of anilines is 1. The van der Waals surface area contributed by atoms with Crippen molar-refractivity contribution in [1.29, 1.82) is 0 Å². The predicted octanol–water partition coefficient (Wildman–Crippen LogP) is 6.78. The second kappa shape index (κ2) is 10.9. The number of piperidine rings is 1. The van der Waals surface area contributed by atoms with Gasteiger partial charge in [-0.15, -0.1) is 0 Å². The van der Waals surface area contributed by atoms with Crippen molar-refractivity contribution in [3.63, 3.8) is 0 Å². The van der Waals surface area contributed by atoms with E-state index in [9.17, 15) is 9.59 Å². The number of nitrogens with zero attached hydrogens (tertiary/aromatic N) is 5. The summed E-state index contributed by atoms with van der Waals surface area (Å²) < 4.78 is 7.41. The molecule has 1 fully saturated rings. The van der Waals surface area contributed by atoms with E-state index in [2.05, 4.69) is 5.10 Å². The van der Waals surface area contributed by atoms with Crippen molar-refractivity contribution in [2.24, 2.45) is 5.92 Å². The standard InChI is InChI=1S/C30H36ClN5O3/c1-5-36-27-23(19-32-36)10-11-25(26(27)31)22-8-6-9-24(18-22)35-15-7-14-34(28(35)37)20-21-12-16-33(17-13-21)29(38)39-30(2,3)4/h6-11,14,18-19,21H,5,12-13,15-17,20H2,1-4H3. The lowest BCUT2D eigenvalue weighted by atomic mass is 9.96. The zero-order chi connectivity index (χ0) is 27.7. The summed E-state index contributed by atoms with van der Waals surface area (Å²) in [6.07, 6.45) is 7.14. The average molecular weight is 550 g/mol. The Morgan fingerprint density at radius 2 is 1.92 bits per heavy atom. The van der Waals surface area contributed by atoms with Gasteiger partial charge in [-0.2, -0.15) is 5.10 Å². The van der Waals surface area contributed by atoms with Crippen LogP contribution in [0.3, 0.4) is 0 Å². The van der Waals surface area contributed by atoms with Gasteiger partial charge in [0.1, 0.15) is 5.60 Å². The largest absolute Gasteiger partial charge is 0.444 e. The first-order valence-electron chi connectivity index (χ1n) is 13.6. The summed E-state index contributed by atoms with van der Waals surface area (Å²) in [4.78, 5) is 31.3. The van der Waals surface area contributed by atoms with Gasteiger partial charge >= 0.3 is 12.1 Å². The molecular formula is C30H36ClN5O3. The number of hydrogen-bond acceptors (Lipinski definition) is 4. The van der Waals surface area contributed by atoms with Gasteiger partial charge in [0, 0.05) is 55.6 Å². The maximum atomic E-state index is 13.5. The first-order valence-corrected chi connectivity index (χ1v) is 14.0. The van der Waals surface area contributed by atoms with Crippen LogP contribution in [-0.2, 0) is 11.3 Å². The molecule has 0 saturated carbocycles. The Bertz CT molecular complexity index is 1400. The summed E-state index contributed by atoms with van der Waals surface area (Å²) in [6, 6.07) is 12.0. The molecular weight excluding hydrogens is 514 g/mol. The molecule has 3 heterocycles. The number of benzene rings is 2. The Morgan fingerprint density at radius 1 is 1.15 bits per heavy atom. The number of likely N-dealkylation sites (tertiary alicyclic amines) is 1. The van der Waals surface area contributed by atoms with Crippen molar-refractivity contribution in [3.05, 3.63) is 59.9 Å². The van der Waals surface area contributed by atoms with E-state index in [0.717, 1.165) is 47.1 Å². The van der Waals surface area contributed by atoms with Crippen molar-refractivity contribution in [2.75, 3.05) is 31.1 Å². The molecule has 0 atom stereocenters. The quantitative estimate of drug-likeness (QED) is 0.352. The Kier molecular flexibility index (Phi) is 7.58. The number of urea groups is 1. The van der Waals surface area contributed by atoms with E-state index in [0.29, 0.717) is 37.1 Å². The van der Waals surface area contributed by atoms with Crippen LogP contribution in [0.25, 0.3) is 22.0 Å². The van der Waals surface area contributed by atoms with E-state index in [-0.39, 0.29) is 12.1 Å². The fourth-order valence-corrected chi connectivity index (χ4v) is 5.65. The smallest absolute Gasteiger partial charge is 0.410 e. The molecule has 5 rings (SSSR count). The molecule has 39 heavy (non-hydrogen) atoms. The molecule has 1 saturated heterocycles. The van der Waals surface area contributed by atoms with Gasteiger partial charge in [-0.3, -0.25) is 9.58 Å². The lowest BCUT2D eigenvalue weighted by Crippen LogP contribution is -2.48. The normalized spacial score (nSPS) is 16.8. The molecule has 0 bridgehead atoms. The van der Waals surface area contributed by atoms with E-state index in [1.165, 1.54) is 0 Å². The molecule has 0 unspecified atom stereocenters.